The summed E-state index contributed by atoms with van der Waals surface area (Å²) in [4.78, 5) is 0. The normalized spacial score (nSPS) is 8.14. The molecule has 0 saturated carbocycles. The highest BCUT2D eigenvalue weighted by molar-refractivity contribution is 4.31. The molecule has 0 fully saturated rings. The lowest BCUT2D eigenvalue weighted by atomic mass is 10.2. The van der Waals surface area contributed by atoms with Crippen LogP contribution in [0.15, 0.2) is 0 Å². The van der Waals surface area contributed by atoms with Gasteiger partial charge < -0.3 is 5.11 Å². The predicted molar refractivity (Wildman–Crippen MR) is 67.8 cm³/mol. The minimum atomic E-state index is 0.250. The first-order valence-electron chi connectivity index (χ1n) is 6.35. The predicted octanol–water partition coefficient (Wildman–Crippen LogP) is 4.78. The fourth-order valence-corrected chi connectivity index (χ4v) is 0.854. The van der Waals surface area contributed by atoms with Crippen molar-refractivity contribution in [3.63, 3.8) is 0 Å². The summed E-state index contributed by atoms with van der Waals surface area (Å²) in [6.45, 7) is 10.8. The Labute approximate surface area is 91.9 Å². The Morgan fingerprint density at radius 3 is 0.857 bits per heavy atom. The molecule has 1 heteroatoms. The van der Waals surface area contributed by atoms with E-state index in [4.69, 9.17) is 5.11 Å². The lowest BCUT2D eigenvalue weighted by Crippen LogP contribution is -1.66. The van der Waals surface area contributed by atoms with Crippen molar-refractivity contribution >= 4 is 0 Å². The van der Waals surface area contributed by atoms with Gasteiger partial charge in [-0.25, -0.2) is 0 Å². The van der Waals surface area contributed by atoms with Gasteiger partial charge in [0.2, 0.25) is 0 Å². The van der Waals surface area contributed by atoms with E-state index in [2.05, 4.69) is 27.7 Å². The molecule has 0 aromatic carbocycles. The SMILES string of the molecule is CCCCC.CCCCCC.CCO. The monoisotopic (exact) mass is 204 g/mol. The van der Waals surface area contributed by atoms with Gasteiger partial charge in [0.05, 0.1) is 0 Å². The van der Waals surface area contributed by atoms with Crippen molar-refractivity contribution in [1.29, 1.82) is 0 Å². The lowest BCUT2D eigenvalue weighted by molar-refractivity contribution is 0.318. The molecule has 0 aliphatic rings. The topological polar surface area (TPSA) is 20.2 Å². The van der Waals surface area contributed by atoms with Crippen LogP contribution >= 0.6 is 0 Å². The van der Waals surface area contributed by atoms with E-state index in [-0.39, 0.29) is 6.61 Å². The number of hydrogen-bond acceptors (Lipinski definition) is 1. The van der Waals surface area contributed by atoms with Gasteiger partial charge in [-0.05, 0) is 6.92 Å². The van der Waals surface area contributed by atoms with Crippen molar-refractivity contribution < 1.29 is 5.11 Å². The van der Waals surface area contributed by atoms with E-state index in [1.54, 1.807) is 6.92 Å². The van der Waals surface area contributed by atoms with Crippen molar-refractivity contribution in [2.75, 3.05) is 6.61 Å². The van der Waals surface area contributed by atoms with Gasteiger partial charge in [-0.3, -0.25) is 0 Å². The summed E-state index contributed by atoms with van der Waals surface area (Å²) in [5.74, 6) is 0. The molecule has 90 valence electrons. The molecule has 0 rings (SSSR count). The fraction of sp³-hybridized carbons (Fsp3) is 1.00. The molecule has 0 aromatic rings. The molecule has 0 bridgehead atoms. The molecule has 0 aliphatic heterocycles. The zero-order valence-corrected chi connectivity index (χ0v) is 11.1. The number of hydrogen-bond donors (Lipinski definition) is 1. The van der Waals surface area contributed by atoms with Gasteiger partial charge in [-0.15, -0.1) is 0 Å². The maximum atomic E-state index is 7.57. The summed E-state index contributed by atoms with van der Waals surface area (Å²) in [7, 11) is 0. The molecule has 0 heterocycles. The van der Waals surface area contributed by atoms with Crippen molar-refractivity contribution in [2.45, 2.75) is 79.6 Å². The van der Waals surface area contributed by atoms with Crippen molar-refractivity contribution in [1.82, 2.24) is 0 Å². The van der Waals surface area contributed by atoms with Crippen molar-refractivity contribution in [3.8, 4) is 0 Å². The zero-order chi connectivity index (χ0) is 11.7. The van der Waals surface area contributed by atoms with Crippen LogP contribution in [0.3, 0.4) is 0 Å². The minimum Gasteiger partial charge on any atom is -0.397 e. The van der Waals surface area contributed by atoms with E-state index in [1.165, 1.54) is 44.9 Å². The summed E-state index contributed by atoms with van der Waals surface area (Å²) in [6.07, 6.45) is 9.61. The number of aliphatic hydroxyl groups excluding tert-OH is 1. The largest absolute Gasteiger partial charge is 0.397 e. The van der Waals surface area contributed by atoms with Gasteiger partial charge in [0.15, 0.2) is 0 Å². The smallest absolute Gasteiger partial charge is 0.0402 e. The molecule has 0 spiro atoms. The maximum Gasteiger partial charge on any atom is 0.0402 e. The first-order valence-corrected chi connectivity index (χ1v) is 6.35. The lowest BCUT2D eigenvalue weighted by Gasteiger charge is -1.86. The van der Waals surface area contributed by atoms with E-state index >= 15 is 0 Å². The summed E-state index contributed by atoms with van der Waals surface area (Å²) in [5, 5.41) is 7.57. The molecule has 1 nitrogen and oxygen atoms in total. The Hall–Kier alpha value is -0.0400. The Bertz CT molecular complexity index is 47.2. The summed E-state index contributed by atoms with van der Waals surface area (Å²) in [5.41, 5.74) is 0. The molecule has 14 heavy (non-hydrogen) atoms. The maximum absolute atomic E-state index is 7.57. The molecule has 0 saturated heterocycles. The quantitative estimate of drug-likeness (QED) is 0.639. The third kappa shape index (κ3) is 58.4. The van der Waals surface area contributed by atoms with Gasteiger partial charge in [0, 0.05) is 6.61 Å². The average Bonchev–Trinajstić information content (AvgIpc) is 2.18. The van der Waals surface area contributed by atoms with Crippen LogP contribution in [0.5, 0.6) is 0 Å². The van der Waals surface area contributed by atoms with Crippen molar-refractivity contribution in [3.05, 3.63) is 0 Å². The van der Waals surface area contributed by atoms with Gasteiger partial charge in [-0.2, -0.15) is 0 Å². The number of rotatable bonds is 5. The second-order valence-electron chi connectivity index (χ2n) is 3.38. The van der Waals surface area contributed by atoms with Gasteiger partial charge in [0.1, 0.15) is 0 Å². The molecule has 0 atom stereocenters. The Kier molecular flexibility index (Phi) is 40.8. The van der Waals surface area contributed by atoms with E-state index in [0.717, 1.165) is 0 Å². The summed E-state index contributed by atoms with van der Waals surface area (Å²) in [6, 6.07) is 0. The van der Waals surface area contributed by atoms with Gasteiger partial charge >= 0.3 is 0 Å². The molecule has 0 radical (unpaired) electrons. The Morgan fingerprint density at radius 1 is 0.571 bits per heavy atom. The molecular formula is C13H32O. The Morgan fingerprint density at radius 2 is 0.786 bits per heavy atom. The van der Waals surface area contributed by atoms with Crippen molar-refractivity contribution in [2.24, 2.45) is 0 Å². The van der Waals surface area contributed by atoms with Crippen LogP contribution in [-0.2, 0) is 0 Å². The highest BCUT2D eigenvalue weighted by Crippen LogP contribution is 1.95. The number of aliphatic hydroxyl groups is 1. The third-order valence-corrected chi connectivity index (χ3v) is 1.66. The van der Waals surface area contributed by atoms with E-state index in [9.17, 15) is 0 Å². The summed E-state index contributed by atoms with van der Waals surface area (Å²) >= 11 is 0. The van der Waals surface area contributed by atoms with Crippen LogP contribution in [0, 0.1) is 0 Å². The first-order chi connectivity index (χ1) is 6.74. The summed E-state index contributed by atoms with van der Waals surface area (Å²) < 4.78 is 0. The van der Waals surface area contributed by atoms with Crippen LogP contribution in [0.25, 0.3) is 0 Å². The highest BCUT2D eigenvalue weighted by Gasteiger charge is 1.75. The molecule has 0 aromatic heterocycles. The highest BCUT2D eigenvalue weighted by atomic mass is 16.2. The molecule has 1 N–H and O–H groups in total. The molecular weight excluding hydrogens is 172 g/mol. The van der Waals surface area contributed by atoms with Crippen LogP contribution in [0.4, 0.5) is 0 Å². The fourth-order valence-electron chi connectivity index (χ4n) is 0.854. The van der Waals surface area contributed by atoms with Gasteiger partial charge in [-0.1, -0.05) is 72.6 Å². The van der Waals surface area contributed by atoms with E-state index in [1.807, 2.05) is 0 Å². The molecule has 0 unspecified atom stereocenters. The van der Waals surface area contributed by atoms with E-state index in [0.29, 0.717) is 0 Å². The third-order valence-electron chi connectivity index (χ3n) is 1.66. The van der Waals surface area contributed by atoms with Crippen LogP contribution in [-0.4, -0.2) is 11.7 Å². The van der Waals surface area contributed by atoms with Gasteiger partial charge in [0.25, 0.3) is 0 Å². The van der Waals surface area contributed by atoms with Crippen LogP contribution < -0.4 is 0 Å². The average molecular weight is 204 g/mol. The Balaban J connectivity index is -0.000000138. The van der Waals surface area contributed by atoms with Crippen LogP contribution in [0.2, 0.25) is 0 Å². The zero-order valence-electron chi connectivity index (χ0n) is 11.1. The van der Waals surface area contributed by atoms with E-state index < -0.39 is 0 Å². The second kappa shape index (κ2) is 29.3. The van der Waals surface area contributed by atoms with Crippen LogP contribution in [0.1, 0.15) is 79.6 Å². The first kappa shape index (κ1) is 19.5. The second-order valence-corrected chi connectivity index (χ2v) is 3.38. The minimum absolute atomic E-state index is 0.250. The molecule has 0 amide bonds. The standard InChI is InChI=1S/C6H14.C5H12.C2H6O/c1-3-5-6-4-2;1-3-5-4-2;1-2-3/h3-6H2,1-2H3;3-5H2,1-2H3;3H,2H2,1H3. The molecule has 0 aliphatic carbocycles. The number of unbranched alkanes of at least 4 members (excludes halogenated alkanes) is 5.